The molecule has 1 atom stereocenters. The minimum atomic E-state index is -3.30. The number of primary amides is 1. The van der Waals surface area contributed by atoms with Crippen molar-refractivity contribution in [1.29, 1.82) is 0 Å². The standard InChI is InChI=1S/C21H21F2N3O4S2/c1-11(27)6-12-7-15(22)19(16(23)8-12)17-9-14(20(24)28)21(31-17)26-18-5-3-4-13(25-18)10-32(2,29)30/h3-5,7-9,11,27H,6,10H2,1-2H3,(H2,24,28)(H,25,26). The first-order valence-electron chi connectivity index (χ1n) is 9.43. The number of thiophene rings is 1. The van der Waals surface area contributed by atoms with Crippen LogP contribution in [0.5, 0.6) is 0 Å². The van der Waals surface area contributed by atoms with Crippen molar-refractivity contribution in [3.8, 4) is 10.4 Å². The zero-order chi connectivity index (χ0) is 23.6. The molecule has 2 heterocycles. The van der Waals surface area contributed by atoms with Crippen LogP contribution in [-0.4, -0.2) is 36.8 Å². The molecule has 3 rings (SSSR count). The first-order valence-corrected chi connectivity index (χ1v) is 12.3. The maximum atomic E-state index is 14.7. The Hall–Kier alpha value is -2.89. The number of benzene rings is 1. The Kier molecular flexibility index (Phi) is 6.91. The van der Waals surface area contributed by atoms with Gasteiger partial charge in [-0.25, -0.2) is 22.2 Å². The van der Waals surface area contributed by atoms with E-state index in [1.54, 1.807) is 18.2 Å². The second kappa shape index (κ2) is 9.31. The van der Waals surface area contributed by atoms with Gasteiger partial charge in [0, 0.05) is 11.1 Å². The minimum Gasteiger partial charge on any atom is -0.393 e. The van der Waals surface area contributed by atoms with E-state index in [0.717, 1.165) is 29.7 Å². The predicted octanol–water partition coefficient (Wildman–Crippen LogP) is 3.40. The molecular weight excluding hydrogens is 460 g/mol. The molecular formula is C21H21F2N3O4S2. The second-order valence-corrected chi connectivity index (χ2v) is 10.6. The average molecular weight is 482 g/mol. The van der Waals surface area contributed by atoms with Gasteiger partial charge in [0.05, 0.1) is 28.7 Å². The van der Waals surface area contributed by atoms with Crippen LogP contribution in [0.2, 0.25) is 0 Å². The number of aliphatic hydroxyl groups is 1. The summed E-state index contributed by atoms with van der Waals surface area (Å²) in [6.45, 7) is 1.51. The highest BCUT2D eigenvalue weighted by Gasteiger charge is 2.21. The number of sulfone groups is 1. The van der Waals surface area contributed by atoms with Gasteiger partial charge < -0.3 is 16.2 Å². The monoisotopic (exact) mass is 481 g/mol. The molecule has 0 fully saturated rings. The van der Waals surface area contributed by atoms with Crippen LogP contribution in [0.1, 0.15) is 28.5 Å². The van der Waals surface area contributed by atoms with Crippen molar-refractivity contribution in [2.24, 2.45) is 5.73 Å². The fourth-order valence-corrected chi connectivity index (χ4v) is 4.94. The van der Waals surface area contributed by atoms with E-state index >= 15 is 0 Å². The van der Waals surface area contributed by atoms with Crippen LogP contribution in [0.15, 0.2) is 36.4 Å². The minimum absolute atomic E-state index is 0.00664. The Morgan fingerprint density at radius 3 is 2.47 bits per heavy atom. The van der Waals surface area contributed by atoms with Crippen molar-refractivity contribution in [3.05, 3.63) is 64.9 Å². The number of nitrogens with two attached hydrogens (primary N) is 1. The third-order valence-electron chi connectivity index (χ3n) is 4.34. The topological polar surface area (TPSA) is 122 Å². The summed E-state index contributed by atoms with van der Waals surface area (Å²) < 4.78 is 52.4. The Morgan fingerprint density at radius 2 is 1.91 bits per heavy atom. The summed E-state index contributed by atoms with van der Waals surface area (Å²) in [5.41, 5.74) is 5.72. The summed E-state index contributed by atoms with van der Waals surface area (Å²) in [6, 6.07) is 8.25. The molecule has 4 N–H and O–H groups in total. The van der Waals surface area contributed by atoms with Gasteiger partial charge in [0.2, 0.25) is 0 Å². The lowest BCUT2D eigenvalue weighted by Gasteiger charge is -2.08. The van der Waals surface area contributed by atoms with Gasteiger partial charge in [-0.05, 0) is 49.2 Å². The van der Waals surface area contributed by atoms with Crippen molar-refractivity contribution in [1.82, 2.24) is 4.98 Å². The van der Waals surface area contributed by atoms with E-state index in [4.69, 9.17) is 5.73 Å². The number of carbonyl (C=O) groups is 1. The number of anilines is 2. The average Bonchev–Trinajstić information content (AvgIpc) is 3.03. The van der Waals surface area contributed by atoms with E-state index in [1.165, 1.54) is 13.0 Å². The van der Waals surface area contributed by atoms with E-state index in [9.17, 15) is 27.1 Å². The number of rotatable bonds is 8. The van der Waals surface area contributed by atoms with E-state index in [1.807, 2.05) is 0 Å². The van der Waals surface area contributed by atoms with E-state index in [-0.39, 0.29) is 39.0 Å². The summed E-state index contributed by atoms with van der Waals surface area (Å²) >= 11 is 0.903. The Labute approximate surface area is 187 Å². The van der Waals surface area contributed by atoms with Crippen LogP contribution in [0.25, 0.3) is 10.4 Å². The maximum absolute atomic E-state index is 14.7. The lowest BCUT2D eigenvalue weighted by molar-refractivity contribution is 0.100. The summed E-state index contributed by atoms with van der Waals surface area (Å²) in [6.07, 6.45) is 0.415. The SMILES string of the molecule is CC(O)Cc1cc(F)c(-c2cc(C(N)=O)c(Nc3cccc(CS(C)(=O)=O)n3)s2)c(F)c1. The van der Waals surface area contributed by atoms with Gasteiger partial charge in [-0.2, -0.15) is 0 Å². The molecule has 170 valence electrons. The summed E-state index contributed by atoms with van der Waals surface area (Å²) in [5.74, 6) is -2.50. The van der Waals surface area contributed by atoms with Gasteiger partial charge in [0.15, 0.2) is 9.84 Å². The molecule has 32 heavy (non-hydrogen) atoms. The van der Waals surface area contributed by atoms with E-state index in [0.29, 0.717) is 11.3 Å². The quantitative estimate of drug-likeness (QED) is 0.453. The Balaban J connectivity index is 1.99. The summed E-state index contributed by atoms with van der Waals surface area (Å²) in [4.78, 5) is 16.3. The molecule has 0 aliphatic heterocycles. The third-order valence-corrected chi connectivity index (χ3v) is 6.22. The number of hydrogen-bond donors (Lipinski definition) is 3. The second-order valence-electron chi connectivity index (χ2n) is 7.41. The molecule has 0 bridgehead atoms. The van der Waals surface area contributed by atoms with Crippen LogP contribution >= 0.6 is 11.3 Å². The van der Waals surface area contributed by atoms with Gasteiger partial charge in [-0.1, -0.05) is 6.07 Å². The van der Waals surface area contributed by atoms with Crippen molar-refractivity contribution in [2.75, 3.05) is 11.6 Å². The number of aromatic nitrogens is 1. The Bertz CT molecular complexity index is 1250. The van der Waals surface area contributed by atoms with Gasteiger partial charge in [0.25, 0.3) is 5.91 Å². The van der Waals surface area contributed by atoms with Crippen molar-refractivity contribution >= 4 is 37.9 Å². The van der Waals surface area contributed by atoms with Gasteiger partial charge >= 0.3 is 0 Å². The molecule has 1 unspecified atom stereocenters. The molecule has 1 aromatic carbocycles. The third kappa shape index (κ3) is 5.87. The fourth-order valence-electron chi connectivity index (χ4n) is 3.12. The molecule has 7 nitrogen and oxygen atoms in total. The highest BCUT2D eigenvalue weighted by molar-refractivity contribution is 7.89. The van der Waals surface area contributed by atoms with Crippen molar-refractivity contribution in [2.45, 2.75) is 25.2 Å². The zero-order valence-electron chi connectivity index (χ0n) is 17.2. The molecule has 0 radical (unpaired) electrons. The predicted molar refractivity (Wildman–Crippen MR) is 120 cm³/mol. The number of carbonyl (C=O) groups excluding carboxylic acids is 1. The molecule has 0 saturated heterocycles. The summed E-state index contributed by atoms with van der Waals surface area (Å²) in [7, 11) is -3.30. The fraction of sp³-hybridized carbons (Fsp3) is 0.238. The van der Waals surface area contributed by atoms with Crippen LogP contribution in [0, 0.1) is 11.6 Å². The normalized spacial score (nSPS) is 12.5. The number of amides is 1. The Morgan fingerprint density at radius 1 is 1.25 bits per heavy atom. The molecule has 0 aliphatic carbocycles. The molecule has 2 aromatic heterocycles. The first-order chi connectivity index (χ1) is 14.9. The molecule has 0 spiro atoms. The largest absolute Gasteiger partial charge is 0.393 e. The molecule has 0 saturated carbocycles. The van der Waals surface area contributed by atoms with Crippen molar-refractivity contribution in [3.63, 3.8) is 0 Å². The number of halogens is 2. The maximum Gasteiger partial charge on any atom is 0.251 e. The van der Waals surface area contributed by atoms with Crippen LogP contribution in [0.4, 0.5) is 19.6 Å². The van der Waals surface area contributed by atoms with Crippen LogP contribution in [0.3, 0.4) is 0 Å². The highest BCUT2D eigenvalue weighted by Crippen LogP contribution is 2.39. The zero-order valence-corrected chi connectivity index (χ0v) is 18.9. The van der Waals surface area contributed by atoms with Gasteiger partial charge in [-0.15, -0.1) is 11.3 Å². The number of aliphatic hydroxyl groups excluding tert-OH is 1. The molecule has 11 heteroatoms. The van der Waals surface area contributed by atoms with Crippen LogP contribution in [-0.2, 0) is 22.0 Å². The number of hydrogen-bond acceptors (Lipinski definition) is 7. The lowest BCUT2D eigenvalue weighted by atomic mass is 10.0. The van der Waals surface area contributed by atoms with Crippen molar-refractivity contribution < 1.29 is 27.1 Å². The summed E-state index contributed by atoms with van der Waals surface area (Å²) in [5, 5.41) is 12.5. The molecule has 1 amide bonds. The number of pyridine rings is 1. The number of nitrogens with zero attached hydrogens (tertiary/aromatic N) is 1. The van der Waals surface area contributed by atoms with E-state index in [2.05, 4.69) is 10.3 Å². The molecule has 3 aromatic rings. The number of nitrogens with one attached hydrogen (secondary N) is 1. The van der Waals surface area contributed by atoms with Gasteiger partial charge in [-0.3, -0.25) is 4.79 Å². The smallest absolute Gasteiger partial charge is 0.251 e. The van der Waals surface area contributed by atoms with Gasteiger partial charge in [0.1, 0.15) is 22.5 Å². The van der Waals surface area contributed by atoms with E-state index < -0.39 is 33.5 Å². The first kappa shape index (κ1) is 23.8. The molecule has 0 aliphatic rings. The highest BCUT2D eigenvalue weighted by atomic mass is 32.2. The lowest BCUT2D eigenvalue weighted by Crippen LogP contribution is -2.11. The van der Waals surface area contributed by atoms with Crippen LogP contribution < -0.4 is 11.1 Å².